The second-order valence-corrected chi connectivity index (χ2v) is 6.20. The fourth-order valence-electron chi connectivity index (χ4n) is 2.19. The van der Waals surface area contributed by atoms with Crippen LogP contribution in [0.25, 0.3) is 11.1 Å². The minimum absolute atomic E-state index is 0.0973. The van der Waals surface area contributed by atoms with Crippen molar-refractivity contribution in [1.29, 1.82) is 0 Å². The molecule has 2 aromatic rings. The van der Waals surface area contributed by atoms with Gasteiger partial charge in [-0.2, -0.15) is 0 Å². The van der Waals surface area contributed by atoms with Crippen molar-refractivity contribution in [2.45, 2.75) is 25.8 Å². The first-order chi connectivity index (χ1) is 11.0. The first kappa shape index (κ1) is 17.8. The highest BCUT2D eigenvalue weighted by Gasteiger charge is 2.09. The van der Waals surface area contributed by atoms with Crippen LogP contribution in [0.15, 0.2) is 42.5 Å². The molecule has 3 nitrogen and oxygen atoms in total. The summed E-state index contributed by atoms with van der Waals surface area (Å²) in [5.41, 5.74) is 8.92. The van der Waals surface area contributed by atoms with E-state index in [9.17, 15) is 4.79 Å². The Morgan fingerprint density at radius 3 is 2.35 bits per heavy atom. The van der Waals surface area contributed by atoms with Crippen LogP contribution in [-0.4, -0.2) is 18.5 Å². The predicted molar refractivity (Wildman–Crippen MR) is 96.9 cm³/mol. The zero-order chi connectivity index (χ0) is 16.8. The summed E-state index contributed by atoms with van der Waals surface area (Å²) in [4.78, 5) is 11.6. The summed E-state index contributed by atoms with van der Waals surface area (Å²) in [5, 5.41) is 3.94. The highest BCUT2D eigenvalue weighted by atomic mass is 35.5. The molecule has 0 aliphatic heterocycles. The first-order valence-electron chi connectivity index (χ1n) is 7.59. The van der Waals surface area contributed by atoms with Gasteiger partial charge >= 0.3 is 0 Å². The number of rotatable bonds is 6. The molecule has 0 aliphatic carbocycles. The monoisotopic (exact) mass is 350 g/mol. The minimum atomic E-state index is -0.424. The highest BCUT2D eigenvalue weighted by Crippen LogP contribution is 2.28. The summed E-state index contributed by atoms with van der Waals surface area (Å²) in [7, 11) is 0. The molecule has 1 atom stereocenters. The van der Waals surface area contributed by atoms with Crippen LogP contribution in [0, 0.1) is 0 Å². The number of nitrogens with two attached hydrogens (primary N) is 1. The van der Waals surface area contributed by atoms with Crippen molar-refractivity contribution in [2.24, 2.45) is 5.73 Å². The molecule has 0 spiro atoms. The van der Waals surface area contributed by atoms with Gasteiger partial charge in [0, 0.05) is 6.54 Å². The van der Waals surface area contributed by atoms with Crippen molar-refractivity contribution in [3.8, 4) is 11.1 Å². The third kappa shape index (κ3) is 4.96. The van der Waals surface area contributed by atoms with Crippen molar-refractivity contribution in [1.82, 2.24) is 5.32 Å². The molecule has 0 bridgehead atoms. The van der Waals surface area contributed by atoms with Crippen LogP contribution in [0.4, 0.5) is 0 Å². The van der Waals surface area contributed by atoms with Crippen molar-refractivity contribution in [3.05, 3.63) is 58.1 Å². The van der Waals surface area contributed by atoms with E-state index in [-0.39, 0.29) is 5.91 Å². The molecule has 0 saturated carbocycles. The fourth-order valence-corrected chi connectivity index (χ4v) is 2.48. The molecule has 0 heterocycles. The van der Waals surface area contributed by atoms with Gasteiger partial charge in [0.05, 0.1) is 16.1 Å². The van der Waals surface area contributed by atoms with Crippen LogP contribution in [0.5, 0.6) is 0 Å². The van der Waals surface area contributed by atoms with E-state index in [0.29, 0.717) is 23.0 Å². The second kappa shape index (κ2) is 8.34. The van der Waals surface area contributed by atoms with Crippen molar-refractivity contribution in [3.63, 3.8) is 0 Å². The summed E-state index contributed by atoms with van der Waals surface area (Å²) >= 11 is 12.0. The number of benzene rings is 2. The van der Waals surface area contributed by atoms with E-state index in [1.54, 1.807) is 6.07 Å². The Morgan fingerprint density at radius 2 is 1.74 bits per heavy atom. The van der Waals surface area contributed by atoms with Crippen LogP contribution < -0.4 is 11.1 Å². The Hall–Kier alpha value is -1.55. The van der Waals surface area contributed by atoms with E-state index in [0.717, 1.165) is 23.1 Å². The molecule has 2 aromatic carbocycles. The van der Waals surface area contributed by atoms with Crippen LogP contribution in [0.1, 0.15) is 18.9 Å². The summed E-state index contributed by atoms with van der Waals surface area (Å²) < 4.78 is 0. The molecular weight excluding hydrogens is 331 g/mol. The lowest BCUT2D eigenvalue weighted by molar-refractivity contribution is -0.122. The van der Waals surface area contributed by atoms with Crippen LogP contribution in [0.3, 0.4) is 0 Å². The summed E-state index contributed by atoms with van der Waals surface area (Å²) in [6, 6.07) is 13.3. The Kier molecular flexibility index (Phi) is 6.46. The lowest BCUT2D eigenvalue weighted by Crippen LogP contribution is -2.40. The number of carbonyl (C=O) groups is 1. The first-order valence-corrected chi connectivity index (χ1v) is 8.34. The summed E-state index contributed by atoms with van der Waals surface area (Å²) in [6.45, 7) is 2.48. The average molecular weight is 351 g/mol. The SMILES string of the molecule is CCC(N)C(=O)NCCc1ccc(-c2ccc(Cl)c(Cl)c2)cc1. The normalized spacial score (nSPS) is 12.0. The number of carbonyl (C=O) groups excluding carboxylic acids is 1. The molecule has 0 fully saturated rings. The van der Waals surface area contributed by atoms with Gasteiger partial charge in [-0.25, -0.2) is 0 Å². The lowest BCUT2D eigenvalue weighted by atomic mass is 10.0. The molecule has 5 heteroatoms. The molecule has 3 N–H and O–H groups in total. The maximum absolute atomic E-state index is 11.6. The maximum Gasteiger partial charge on any atom is 0.236 e. The zero-order valence-electron chi connectivity index (χ0n) is 13.0. The van der Waals surface area contributed by atoms with Gasteiger partial charge in [-0.15, -0.1) is 0 Å². The fraction of sp³-hybridized carbons (Fsp3) is 0.278. The van der Waals surface area contributed by atoms with Gasteiger partial charge in [-0.3, -0.25) is 4.79 Å². The van der Waals surface area contributed by atoms with Crippen LogP contribution >= 0.6 is 23.2 Å². The molecule has 1 unspecified atom stereocenters. The molecular formula is C18H20Cl2N2O. The largest absolute Gasteiger partial charge is 0.354 e. The number of hydrogen-bond donors (Lipinski definition) is 2. The number of hydrogen-bond acceptors (Lipinski definition) is 2. The maximum atomic E-state index is 11.6. The highest BCUT2D eigenvalue weighted by molar-refractivity contribution is 6.42. The van der Waals surface area contributed by atoms with Crippen LogP contribution in [-0.2, 0) is 11.2 Å². The third-order valence-corrected chi connectivity index (χ3v) is 4.44. The minimum Gasteiger partial charge on any atom is -0.354 e. The molecule has 0 radical (unpaired) electrons. The average Bonchev–Trinajstić information content (AvgIpc) is 2.57. The Bertz CT molecular complexity index is 671. The van der Waals surface area contributed by atoms with Gasteiger partial charge in [-0.05, 0) is 41.7 Å². The van der Waals surface area contributed by atoms with E-state index < -0.39 is 6.04 Å². The number of amides is 1. The summed E-state index contributed by atoms with van der Waals surface area (Å²) in [6.07, 6.45) is 1.41. The number of nitrogens with one attached hydrogen (secondary N) is 1. The molecule has 122 valence electrons. The van der Waals surface area contributed by atoms with Crippen molar-refractivity contribution in [2.75, 3.05) is 6.54 Å². The zero-order valence-corrected chi connectivity index (χ0v) is 14.5. The lowest BCUT2D eigenvalue weighted by Gasteiger charge is -2.10. The van der Waals surface area contributed by atoms with E-state index >= 15 is 0 Å². The van der Waals surface area contributed by atoms with E-state index in [1.165, 1.54) is 0 Å². The van der Waals surface area contributed by atoms with Gasteiger partial charge in [0.15, 0.2) is 0 Å². The Morgan fingerprint density at radius 1 is 1.09 bits per heavy atom. The quantitative estimate of drug-likeness (QED) is 0.825. The van der Waals surface area contributed by atoms with Gasteiger partial charge in [-0.1, -0.05) is 60.5 Å². The Balaban J connectivity index is 1.94. The van der Waals surface area contributed by atoms with Gasteiger partial charge in [0.25, 0.3) is 0 Å². The summed E-state index contributed by atoms with van der Waals surface area (Å²) in [5.74, 6) is -0.0973. The predicted octanol–water partition coefficient (Wildman–Crippen LogP) is 4.06. The molecule has 2 rings (SSSR count). The topological polar surface area (TPSA) is 55.1 Å². The van der Waals surface area contributed by atoms with Crippen molar-refractivity contribution >= 4 is 29.1 Å². The van der Waals surface area contributed by atoms with Gasteiger partial charge in [0.2, 0.25) is 5.91 Å². The molecule has 1 amide bonds. The van der Waals surface area contributed by atoms with Crippen LogP contribution in [0.2, 0.25) is 10.0 Å². The molecule has 0 aromatic heterocycles. The van der Waals surface area contributed by atoms with Gasteiger partial charge in [0.1, 0.15) is 0 Å². The molecule has 0 aliphatic rings. The standard InChI is InChI=1S/C18H20Cl2N2O/c1-2-17(21)18(23)22-10-9-12-3-5-13(6-4-12)14-7-8-15(19)16(20)11-14/h3-8,11,17H,2,9-10,21H2,1H3,(H,22,23). The van der Waals surface area contributed by atoms with E-state index in [4.69, 9.17) is 28.9 Å². The number of halogens is 2. The second-order valence-electron chi connectivity index (χ2n) is 5.38. The smallest absolute Gasteiger partial charge is 0.236 e. The van der Waals surface area contributed by atoms with Crippen molar-refractivity contribution < 1.29 is 4.79 Å². The van der Waals surface area contributed by atoms with E-state index in [2.05, 4.69) is 5.32 Å². The Labute approximate surface area is 146 Å². The third-order valence-electron chi connectivity index (χ3n) is 3.70. The van der Waals surface area contributed by atoms with E-state index in [1.807, 2.05) is 43.3 Å². The molecule has 23 heavy (non-hydrogen) atoms. The molecule has 0 saturated heterocycles. The van der Waals surface area contributed by atoms with Gasteiger partial charge < -0.3 is 11.1 Å².